The number of carbonyl (C=O) groups is 1. The summed E-state index contributed by atoms with van der Waals surface area (Å²) in [6.45, 7) is 4.43. The second-order valence-electron chi connectivity index (χ2n) is 8.04. The maximum Gasteiger partial charge on any atom is 0.416 e. The summed E-state index contributed by atoms with van der Waals surface area (Å²) in [5.41, 5.74) is 3.83. The van der Waals surface area contributed by atoms with Gasteiger partial charge < -0.3 is 13.9 Å². The van der Waals surface area contributed by atoms with Crippen molar-refractivity contribution < 1.29 is 18.0 Å². The van der Waals surface area contributed by atoms with E-state index in [4.69, 9.17) is 0 Å². The quantitative estimate of drug-likeness (QED) is 0.418. The molecule has 8 heteroatoms. The van der Waals surface area contributed by atoms with Crippen molar-refractivity contribution in [1.29, 1.82) is 0 Å². The van der Waals surface area contributed by atoms with Gasteiger partial charge in [-0.1, -0.05) is 6.92 Å². The number of alkyl halides is 3. The number of aryl methyl sites for hydroxylation is 1. The molecule has 5 rings (SSSR count). The van der Waals surface area contributed by atoms with Crippen molar-refractivity contribution in [3.63, 3.8) is 0 Å². The topological polar surface area (TPSA) is 42.5 Å². The largest absolute Gasteiger partial charge is 0.416 e. The van der Waals surface area contributed by atoms with Crippen LogP contribution in [0.25, 0.3) is 16.8 Å². The molecule has 0 bridgehead atoms. The maximum atomic E-state index is 13.5. The number of imidazole rings is 1. The smallest absolute Gasteiger partial charge is 0.338 e. The Morgan fingerprint density at radius 2 is 1.84 bits per heavy atom. The van der Waals surface area contributed by atoms with Gasteiger partial charge in [-0.05, 0) is 55.8 Å². The molecule has 0 saturated heterocycles. The zero-order chi connectivity index (χ0) is 22.6. The second kappa shape index (κ2) is 7.25. The number of halogens is 3. The highest BCUT2D eigenvalue weighted by molar-refractivity contribution is 6.10. The molecule has 0 aliphatic carbocycles. The molecule has 0 radical (unpaired) electrons. The van der Waals surface area contributed by atoms with E-state index in [1.54, 1.807) is 4.90 Å². The van der Waals surface area contributed by atoms with Crippen molar-refractivity contribution in [1.82, 2.24) is 14.0 Å². The molecular formula is C24H21F3N4O. The Balaban J connectivity index is 1.56. The minimum absolute atomic E-state index is 0.0260. The van der Waals surface area contributed by atoms with Crippen LogP contribution >= 0.6 is 0 Å². The number of carbonyl (C=O) groups excluding carboxylic acids is 1. The fraction of sp³-hybridized carbons (Fsp3) is 0.250. The third-order valence-electron chi connectivity index (χ3n) is 6.05. The van der Waals surface area contributed by atoms with Crippen LogP contribution in [-0.2, 0) is 12.6 Å². The summed E-state index contributed by atoms with van der Waals surface area (Å²) >= 11 is 0. The van der Waals surface area contributed by atoms with E-state index < -0.39 is 11.7 Å². The van der Waals surface area contributed by atoms with Crippen molar-refractivity contribution in [2.45, 2.75) is 32.5 Å². The van der Waals surface area contributed by atoms with Crippen LogP contribution in [0.2, 0.25) is 0 Å². The molecule has 4 aromatic rings. The fourth-order valence-electron chi connectivity index (χ4n) is 4.34. The monoisotopic (exact) mass is 438 g/mol. The van der Waals surface area contributed by atoms with Crippen molar-refractivity contribution in [2.24, 2.45) is 0 Å². The van der Waals surface area contributed by atoms with Crippen molar-refractivity contribution in [3.8, 4) is 11.1 Å². The Kier molecular flexibility index (Phi) is 4.62. The van der Waals surface area contributed by atoms with Crippen LogP contribution in [0, 0.1) is 0 Å². The Labute approximate surface area is 182 Å². The molecule has 164 valence electrons. The molecule has 0 spiro atoms. The molecule has 3 aromatic heterocycles. The van der Waals surface area contributed by atoms with Crippen LogP contribution < -0.4 is 4.90 Å². The number of nitrogens with zero attached hydrogens (tertiary/aromatic N) is 4. The van der Waals surface area contributed by atoms with Gasteiger partial charge in [0.05, 0.1) is 5.56 Å². The van der Waals surface area contributed by atoms with E-state index in [1.807, 2.05) is 52.7 Å². The summed E-state index contributed by atoms with van der Waals surface area (Å²) in [7, 11) is 0. The lowest BCUT2D eigenvalue weighted by atomic mass is 10.0. The van der Waals surface area contributed by atoms with Gasteiger partial charge in [-0.25, -0.2) is 4.98 Å². The van der Waals surface area contributed by atoms with E-state index >= 15 is 0 Å². The van der Waals surface area contributed by atoms with E-state index in [9.17, 15) is 18.0 Å². The maximum absolute atomic E-state index is 13.5. The molecule has 5 nitrogen and oxygen atoms in total. The van der Waals surface area contributed by atoms with Gasteiger partial charge in [0, 0.05) is 53.7 Å². The van der Waals surface area contributed by atoms with Crippen LogP contribution in [0.1, 0.15) is 41.6 Å². The zero-order valence-electron chi connectivity index (χ0n) is 17.6. The Hall–Kier alpha value is -3.55. The third-order valence-corrected chi connectivity index (χ3v) is 6.05. The number of rotatable bonds is 3. The van der Waals surface area contributed by atoms with Crippen molar-refractivity contribution >= 4 is 17.2 Å². The van der Waals surface area contributed by atoms with Gasteiger partial charge in [0.2, 0.25) is 0 Å². The molecule has 1 aliphatic heterocycles. The first kappa shape index (κ1) is 20.4. The lowest BCUT2D eigenvalue weighted by molar-refractivity contribution is -0.137. The number of fused-ring (bicyclic) bond motifs is 2. The average molecular weight is 438 g/mol. The number of amides is 1. The van der Waals surface area contributed by atoms with Gasteiger partial charge in [0.25, 0.3) is 5.91 Å². The van der Waals surface area contributed by atoms with Crippen LogP contribution in [0.4, 0.5) is 18.9 Å². The van der Waals surface area contributed by atoms with E-state index in [-0.39, 0.29) is 11.9 Å². The molecule has 4 heterocycles. The number of hydrogen-bond acceptors (Lipinski definition) is 2. The SMILES string of the molecule is CCc1cnc2ccc(-c3ccn4c3C(=O)N(c3ccc(C(F)(F)F)cc3)C[C@@H]4C)cn12. The van der Waals surface area contributed by atoms with Gasteiger partial charge >= 0.3 is 6.18 Å². The third kappa shape index (κ3) is 3.18. The molecule has 0 unspecified atom stereocenters. The number of hydrogen-bond donors (Lipinski definition) is 0. The number of anilines is 1. The standard InChI is InChI=1S/C24H21F3N4O/c1-3-18-12-28-21-9-4-16(14-30(18)21)20-10-11-29-15(2)13-31(23(32)22(20)29)19-7-5-17(6-8-19)24(25,26)27/h4-12,14-15H,3,13H2,1-2H3/t15-/m0/s1. The Morgan fingerprint density at radius 3 is 2.53 bits per heavy atom. The normalized spacial score (nSPS) is 16.6. The summed E-state index contributed by atoms with van der Waals surface area (Å²) in [5, 5.41) is 0. The summed E-state index contributed by atoms with van der Waals surface area (Å²) in [6, 6.07) is 10.5. The van der Waals surface area contributed by atoms with Crippen molar-refractivity contribution in [3.05, 3.63) is 78.0 Å². The molecule has 1 atom stereocenters. The van der Waals surface area contributed by atoms with Crippen LogP contribution in [-0.4, -0.2) is 26.4 Å². The lowest BCUT2D eigenvalue weighted by Gasteiger charge is -2.33. The van der Waals surface area contributed by atoms with Gasteiger partial charge in [0.15, 0.2) is 0 Å². The minimum atomic E-state index is -4.41. The first-order valence-electron chi connectivity index (χ1n) is 10.4. The second-order valence-corrected chi connectivity index (χ2v) is 8.04. The molecule has 0 N–H and O–H groups in total. The Morgan fingerprint density at radius 1 is 1.09 bits per heavy atom. The highest BCUT2D eigenvalue weighted by atomic mass is 19.4. The average Bonchev–Trinajstić information content (AvgIpc) is 3.40. The molecule has 32 heavy (non-hydrogen) atoms. The summed E-state index contributed by atoms with van der Waals surface area (Å²) in [5.74, 6) is -0.232. The van der Waals surface area contributed by atoms with E-state index in [1.165, 1.54) is 12.1 Å². The molecule has 1 aliphatic rings. The zero-order valence-corrected chi connectivity index (χ0v) is 17.6. The van der Waals surface area contributed by atoms with Gasteiger partial charge in [-0.3, -0.25) is 4.79 Å². The van der Waals surface area contributed by atoms with Crippen LogP contribution in [0.5, 0.6) is 0 Å². The van der Waals surface area contributed by atoms with Crippen LogP contribution in [0.15, 0.2) is 61.1 Å². The molecule has 0 fully saturated rings. The predicted octanol–water partition coefficient (Wildman–Crippen LogP) is 5.61. The molecule has 0 saturated carbocycles. The number of benzene rings is 1. The Bertz CT molecular complexity index is 1320. The summed E-state index contributed by atoms with van der Waals surface area (Å²) in [4.78, 5) is 19.5. The first-order valence-corrected chi connectivity index (χ1v) is 10.4. The highest BCUT2D eigenvalue weighted by Gasteiger charge is 2.34. The lowest BCUT2D eigenvalue weighted by Crippen LogP contribution is -2.42. The van der Waals surface area contributed by atoms with Gasteiger partial charge in [0.1, 0.15) is 11.3 Å². The van der Waals surface area contributed by atoms with Gasteiger partial charge in [-0.15, -0.1) is 0 Å². The fourth-order valence-corrected chi connectivity index (χ4v) is 4.34. The summed E-state index contributed by atoms with van der Waals surface area (Å²) < 4.78 is 42.8. The molecule has 1 aromatic carbocycles. The first-order chi connectivity index (χ1) is 15.3. The van der Waals surface area contributed by atoms with Crippen LogP contribution in [0.3, 0.4) is 0 Å². The van der Waals surface area contributed by atoms with E-state index in [0.29, 0.717) is 17.9 Å². The number of pyridine rings is 1. The van der Waals surface area contributed by atoms with Crippen molar-refractivity contribution in [2.75, 3.05) is 11.4 Å². The minimum Gasteiger partial charge on any atom is -0.338 e. The summed E-state index contributed by atoms with van der Waals surface area (Å²) in [6.07, 6.45) is 2.13. The highest BCUT2D eigenvalue weighted by Crippen LogP contribution is 2.35. The molecular weight excluding hydrogens is 417 g/mol. The van der Waals surface area contributed by atoms with E-state index in [2.05, 4.69) is 11.9 Å². The predicted molar refractivity (Wildman–Crippen MR) is 116 cm³/mol. The molecule has 1 amide bonds. The van der Waals surface area contributed by atoms with Gasteiger partial charge in [-0.2, -0.15) is 13.2 Å². The van der Waals surface area contributed by atoms with E-state index in [0.717, 1.165) is 41.0 Å². The number of aromatic nitrogens is 3.